The highest BCUT2D eigenvalue weighted by molar-refractivity contribution is 4.72. The normalized spacial score (nSPS) is 24.4. The van der Waals surface area contributed by atoms with Gasteiger partial charge in [-0.15, -0.1) is 0 Å². The lowest BCUT2D eigenvalue weighted by Gasteiger charge is -2.26. The van der Waals surface area contributed by atoms with Crippen molar-refractivity contribution in [2.75, 3.05) is 19.8 Å². The molecule has 3 heteroatoms. The molecule has 0 saturated carbocycles. The first-order valence-electron chi connectivity index (χ1n) is 6.45. The molecule has 0 amide bonds. The number of hydrogen-bond donors (Lipinski definition) is 1. The molecular weight excluding hydrogens is 202 g/mol. The summed E-state index contributed by atoms with van der Waals surface area (Å²) in [5.74, 6) is 0. The largest absolute Gasteiger partial charge is 0.376 e. The van der Waals surface area contributed by atoms with Crippen LogP contribution in [0, 0.1) is 0 Å². The van der Waals surface area contributed by atoms with Gasteiger partial charge in [-0.05, 0) is 47.0 Å². The van der Waals surface area contributed by atoms with E-state index in [1.165, 1.54) is 12.8 Å². The van der Waals surface area contributed by atoms with Crippen LogP contribution >= 0.6 is 0 Å². The van der Waals surface area contributed by atoms with E-state index < -0.39 is 0 Å². The number of rotatable bonds is 5. The molecule has 1 rings (SSSR count). The van der Waals surface area contributed by atoms with Gasteiger partial charge >= 0.3 is 0 Å². The second kappa shape index (κ2) is 6.58. The van der Waals surface area contributed by atoms with E-state index >= 15 is 0 Å². The van der Waals surface area contributed by atoms with Gasteiger partial charge in [-0.1, -0.05) is 0 Å². The predicted molar refractivity (Wildman–Crippen MR) is 66.8 cm³/mol. The Morgan fingerprint density at radius 2 is 2.12 bits per heavy atom. The van der Waals surface area contributed by atoms with E-state index in [9.17, 15) is 0 Å². The predicted octanol–water partition coefficient (Wildman–Crippen LogP) is 2.35. The molecule has 3 nitrogen and oxygen atoms in total. The van der Waals surface area contributed by atoms with Crippen molar-refractivity contribution in [2.24, 2.45) is 0 Å². The molecule has 2 unspecified atom stereocenters. The molecule has 1 aliphatic heterocycles. The van der Waals surface area contributed by atoms with Crippen molar-refractivity contribution in [3.8, 4) is 0 Å². The summed E-state index contributed by atoms with van der Waals surface area (Å²) in [6.45, 7) is 11.2. The Morgan fingerprint density at radius 1 is 1.38 bits per heavy atom. The Bertz CT molecular complexity index is 183. The molecule has 96 valence electrons. The van der Waals surface area contributed by atoms with Gasteiger partial charge in [0.1, 0.15) is 0 Å². The van der Waals surface area contributed by atoms with Crippen LogP contribution < -0.4 is 5.32 Å². The van der Waals surface area contributed by atoms with E-state index in [1.807, 2.05) is 0 Å². The maximum Gasteiger partial charge on any atom is 0.0808 e. The van der Waals surface area contributed by atoms with Crippen molar-refractivity contribution >= 4 is 0 Å². The molecule has 0 radical (unpaired) electrons. The third-order valence-corrected chi connectivity index (χ3v) is 2.76. The summed E-state index contributed by atoms with van der Waals surface area (Å²) in [5, 5.41) is 3.44. The Hall–Kier alpha value is -0.120. The highest BCUT2D eigenvalue weighted by Gasteiger charge is 2.16. The highest BCUT2D eigenvalue weighted by atomic mass is 16.5. The lowest BCUT2D eigenvalue weighted by molar-refractivity contribution is -0.0591. The molecule has 1 aliphatic rings. The van der Waals surface area contributed by atoms with Crippen LogP contribution in [0.1, 0.15) is 47.0 Å². The fourth-order valence-corrected chi connectivity index (χ4v) is 1.72. The summed E-state index contributed by atoms with van der Waals surface area (Å²) in [5.41, 5.74) is 0.166. The van der Waals surface area contributed by atoms with Gasteiger partial charge in [-0.3, -0.25) is 0 Å². The Labute approximate surface area is 99.9 Å². The van der Waals surface area contributed by atoms with E-state index in [1.54, 1.807) is 0 Å². The van der Waals surface area contributed by atoms with Crippen LogP contribution in [0.2, 0.25) is 0 Å². The van der Waals surface area contributed by atoms with Gasteiger partial charge in [0.25, 0.3) is 0 Å². The third kappa shape index (κ3) is 6.46. The maximum atomic E-state index is 5.79. The van der Waals surface area contributed by atoms with Gasteiger partial charge in [0.15, 0.2) is 0 Å². The van der Waals surface area contributed by atoms with E-state index in [0.29, 0.717) is 6.10 Å². The van der Waals surface area contributed by atoms with Crippen LogP contribution in [0.5, 0.6) is 0 Å². The summed E-state index contributed by atoms with van der Waals surface area (Å²) < 4.78 is 11.4. The monoisotopic (exact) mass is 229 g/mol. The second-order valence-electron chi connectivity index (χ2n) is 5.76. The smallest absolute Gasteiger partial charge is 0.0808 e. The van der Waals surface area contributed by atoms with Crippen LogP contribution in [0.15, 0.2) is 0 Å². The minimum atomic E-state index is 0.166. The first kappa shape index (κ1) is 13.9. The molecule has 1 saturated heterocycles. The molecule has 0 aromatic carbocycles. The maximum absolute atomic E-state index is 5.79. The average molecular weight is 229 g/mol. The SMILES string of the molecule is CC(CNC(C)(C)C)OCC1CCCCO1. The fourth-order valence-electron chi connectivity index (χ4n) is 1.72. The average Bonchev–Trinajstić information content (AvgIpc) is 2.24. The zero-order valence-electron chi connectivity index (χ0n) is 11.2. The molecule has 0 spiro atoms. The van der Waals surface area contributed by atoms with Crippen molar-refractivity contribution in [3.63, 3.8) is 0 Å². The van der Waals surface area contributed by atoms with Crippen LogP contribution in [0.25, 0.3) is 0 Å². The van der Waals surface area contributed by atoms with Crippen LogP contribution in [0.4, 0.5) is 0 Å². The summed E-state index contributed by atoms with van der Waals surface area (Å²) in [7, 11) is 0. The lowest BCUT2D eigenvalue weighted by Crippen LogP contribution is -2.41. The standard InChI is InChI=1S/C13H27NO2/c1-11(9-14-13(2,3)4)16-10-12-7-5-6-8-15-12/h11-12,14H,5-10H2,1-4H3. The van der Waals surface area contributed by atoms with Gasteiger partial charge < -0.3 is 14.8 Å². The van der Waals surface area contributed by atoms with Crippen molar-refractivity contribution in [1.29, 1.82) is 0 Å². The Kier molecular flexibility index (Phi) is 5.73. The number of nitrogens with one attached hydrogen (secondary N) is 1. The summed E-state index contributed by atoms with van der Waals surface area (Å²) >= 11 is 0. The Balaban J connectivity index is 2.07. The van der Waals surface area contributed by atoms with Crippen LogP contribution in [-0.2, 0) is 9.47 Å². The number of ether oxygens (including phenoxy) is 2. The zero-order chi connectivity index (χ0) is 12.0. The quantitative estimate of drug-likeness (QED) is 0.785. The lowest BCUT2D eigenvalue weighted by atomic mass is 10.1. The van der Waals surface area contributed by atoms with E-state index in [-0.39, 0.29) is 11.6 Å². The molecule has 1 fully saturated rings. The highest BCUT2D eigenvalue weighted by Crippen LogP contribution is 2.13. The minimum absolute atomic E-state index is 0.166. The molecule has 0 aromatic heterocycles. The fraction of sp³-hybridized carbons (Fsp3) is 1.00. The van der Waals surface area contributed by atoms with Crippen molar-refractivity contribution < 1.29 is 9.47 Å². The minimum Gasteiger partial charge on any atom is -0.376 e. The summed E-state index contributed by atoms with van der Waals surface area (Å²) in [6.07, 6.45) is 4.22. The molecule has 2 atom stereocenters. The van der Waals surface area contributed by atoms with Gasteiger partial charge in [0.05, 0.1) is 18.8 Å². The Morgan fingerprint density at radius 3 is 2.69 bits per heavy atom. The first-order chi connectivity index (χ1) is 7.47. The van der Waals surface area contributed by atoms with Crippen molar-refractivity contribution in [2.45, 2.75) is 64.7 Å². The van der Waals surface area contributed by atoms with Crippen LogP contribution in [0.3, 0.4) is 0 Å². The van der Waals surface area contributed by atoms with Gasteiger partial charge in [-0.25, -0.2) is 0 Å². The van der Waals surface area contributed by atoms with E-state index in [4.69, 9.17) is 9.47 Å². The van der Waals surface area contributed by atoms with Crippen molar-refractivity contribution in [1.82, 2.24) is 5.32 Å². The topological polar surface area (TPSA) is 30.5 Å². The van der Waals surface area contributed by atoms with Gasteiger partial charge in [-0.2, -0.15) is 0 Å². The summed E-state index contributed by atoms with van der Waals surface area (Å²) in [6, 6.07) is 0. The molecule has 16 heavy (non-hydrogen) atoms. The second-order valence-corrected chi connectivity index (χ2v) is 5.76. The molecule has 0 aliphatic carbocycles. The molecular formula is C13H27NO2. The summed E-state index contributed by atoms with van der Waals surface area (Å²) in [4.78, 5) is 0. The van der Waals surface area contributed by atoms with Gasteiger partial charge in [0.2, 0.25) is 0 Å². The molecule has 1 N–H and O–H groups in total. The third-order valence-electron chi connectivity index (χ3n) is 2.76. The van der Waals surface area contributed by atoms with E-state index in [2.05, 4.69) is 33.0 Å². The molecule has 1 heterocycles. The number of hydrogen-bond acceptors (Lipinski definition) is 3. The van der Waals surface area contributed by atoms with Crippen LogP contribution in [-0.4, -0.2) is 37.5 Å². The van der Waals surface area contributed by atoms with Gasteiger partial charge in [0, 0.05) is 18.7 Å². The van der Waals surface area contributed by atoms with E-state index in [0.717, 1.165) is 26.2 Å². The zero-order valence-corrected chi connectivity index (χ0v) is 11.2. The molecule has 0 aromatic rings. The molecule has 0 bridgehead atoms. The first-order valence-corrected chi connectivity index (χ1v) is 6.45. The van der Waals surface area contributed by atoms with Crippen molar-refractivity contribution in [3.05, 3.63) is 0 Å².